The molecule has 0 atom stereocenters. The monoisotopic (exact) mass is 359 g/mol. The Balaban J connectivity index is 1.74. The Morgan fingerprint density at radius 2 is 1.63 bits per heavy atom. The largest absolute Gasteiger partial charge is 0.340 e. The van der Waals surface area contributed by atoms with Crippen LogP contribution >= 0.6 is 0 Å². The Hall–Kier alpha value is -3.47. The molecule has 0 radical (unpaired) electrons. The van der Waals surface area contributed by atoms with Crippen molar-refractivity contribution in [2.45, 2.75) is 20.8 Å². The molecule has 0 bridgehead atoms. The van der Waals surface area contributed by atoms with Crippen LogP contribution in [0.1, 0.15) is 38.8 Å². The van der Waals surface area contributed by atoms with Crippen molar-refractivity contribution in [1.29, 1.82) is 0 Å². The van der Waals surface area contributed by atoms with E-state index in [4.69, 9.17) is 0 Å². The second-order valence-corrected chi connectivity index (χ2v) is 6.46. The Bertz CT molecular complexity index is 995. The van der Waals surface area contributed by atoms with Gasteiger partial charge in [-0.2, -0.15) is 0 Å². The number of Topliss-reactive ketones (excluding diaryl/α,β-unsaturated/α-hetero) is 1. The van der Waals surface area contributed by atoms with Crippen LogP contribution in [-0.4, -0.2) is 16.7 Å². The summed E-state index contributed by atoms with van der Waals surface area (Å²) in [5.41, 5.74) is 4.90. The molecule has 0 saturated carbocycles. The lowest BCUT2D eigenvalue weighted by Crippen LogP contribution is -2.13. The van der Waals surface area contributed by atoms with Crippen LogP contribution in [0, 0.1) is 13.8 Å². The van der Waals surface area contributed by atoms with Gasteiger partial charge < -0.3 is 10.6 Å². The van der Waals surface area contributed by atoms with Crippen molar-refractivity contribution in [1.82, 2.24) is 4.98 Å². The molecule has 0 aliphatic rings. The van der Waals surface area contributed by atoms with Crippen molar-refractivity contribution < 1.29 is 9.59 Å². The number of nitrogens with one attached hydrogen (secondary N) is 2. The lowest BCUT2D eigenvalue weighted by Gasteiger charge is -2.11. The number of pyridine rings is 1. The molecule has 1 heterocycles. The molecular formula is C22H21N3O2. The number of aryl methyl sites for hydroxylation is 2. The highest BCUT2D eigenvalue weighted by Gasteiger charge is 2.09. The summed E-state index contributed by atoms with van der Waals surface area (Å²) in [5, 5.41) is 6.08. The van der Waals surface area contributed by atoms with Gasteiger partial charge in [0.15, 0.2) is 5.78 Å². The van der Waals surface area contributed by atoms with Gasteiger partial charge in [-0.25, -0.2) is 4.98 Å². The maximum Gasteiger partial charge on any atom is 0.255 e. The van der Waals surface area contributed by atoms with E-state index in [1.165, 1.54) is 6.92 Å². The van der Waals surface area contributed by atoms with Gasteiger partial charge in [0.1, 0.15) is 5.82 Å². The molecule has 3 rings (SSSR count). The summed E-state index contributed by atoms with van der Waals surface area (Å²) in [6.45, 7) is 5.51. The summed E-state index contributed by atoms with van der Waals surface area (Å²) >= 11 is 0. The zero-order chi connectivity index (χ0) is 19.4. The molecule has 0 aliphatic carbocycles. The molecule has 5 nitrogen and oxygen atoms in total. The lowest BCUT2D eigenvalue weighted by atomic mass is 10.1. The molecule has 0 aliphatic heterocycles. The molecule has 0 spiro atoms. The average molecular weight is 359 g/mol. The molecule has 5 heteroatoms. The van der Waals surface area contributed by atoms with Crippen LogP contribution in [-0.2, 0) is 0 Å². The van der Waals surface area contributed by atoms with Crippen molar-refractivity contribution in [3.63, 3.8) is 0 Å². The second kappa shape index (κ2) is 7.83. The van der Waals surface area contributed by atoms with Gasteiger partial charge in [0.2, 0.25) is 0 Å². The number of hydrogen-bond acceptors (Lipinski definition) is 4. The highest BCUT2D eigenvalue weighted by Crippen LogP contribution is 2.19. The molecule has 27 heavy (non-hydrogen) atoms. The van der Waals surface area contributed by atoms with E-state index in [2.05, 4.69) is 15.6 Å². The van der Waals surface area contributed by atoms with Gasteiger partial charge in [-0.1, -0.05) is 17.7 Å². The van der Waals surface area contributed by atoms with Crippen molar-refractivity contribution in [2.24, 2.45) is 0 Å². The maximum atomic E-state index is 12.6. The summed E-state index contributed by atoms with van der Waals surface area (Å²) in [5.74, 6) is 0.378. The number of nitrogens with zero attached hydrogens (tertiary/aromatic N) is 1. The number of hydrogen-bond donors (Lipinski definition) is 2. The van der Waals surface area contributed by atoms with Gasteiger partial charge >= 0.3 is 0 Å². The Morgan fingerprint density at radius 1 is 0.889 bits per heavy atom. The fraction of sp³-hybridized carbons (Fsp3) is 0.136. The minimum Gasteiger partial charge on any atom is -0.340 e. The van der Waals surface area contributed by atoms with Crippen LogP contribution in [0.4, 0.5) is 17.2 Å². The summed E-state index contributed by atoms with van der Waals surface area (Å²) in [7, 11) is 0. The zero-order valence-electron chi connectivity index (χ0n) is 15.5. The predicted octanol–water partition coefficient (Wildman–Crippen LogP) is 4.90. The van der Waals surface area contributed by atoms with E-state index in [1.807, 2.05) is 32.0 Å². The Morgan fingerprint density at radius 3 is 2.30 bits per heavy atom. The van der Waals surface area contributed by atoms with Gasteiger partial charge in [-0.05, 0) is 68.8 Å². The number of benzene rings is 2. The highest BCUT2D eigenvalue weighted by molar-refractivity contribution is 6.05. The first-order valence-corrected chi connectivity index (χ1v) is 8.65. The third-order valence-electron chi connectivity index (χ3n) is 4.22. The molecule has 0 unspecified atom stereocenters. The normalized spacial score (nSPS) is 10.3. The number of carbonyl (C=O) groups excluding carboxylic acids is 2. The predicted molar refractivity (Wildman–Crippen MR) is 108 cm³/mol. The number of rotatable bonds is 5. The molecular weight excluding hydrogens is 338 g/mol. The van der Waals surface area contributed by atoms with Crippen LogP contribution in [0.15, 0.2) is 60.8 Å². The molecule has 2 aromatic carbocycles. The molecule has 0 fully saturated rings. The van der Waals surface area contributed by atoms with Crippen LogP contribution in [0.25, 0.3) is 0 Å². The lowest BCUT2D eigenvalue weighted by molar-refractivity contribution is 0.101. The molecule has 0 saturated heterocycles. The first kappa shape index (κ1) is 18.3. The third kappa shape index (κ3) is 4.58. The second-order valence-electron chi connectivity index (χ2n) is 6.46. The third-order valence-corrected chi connectivity index (χ3v) is 4.22. The summed E-state index contributed by atoms with van der Waals surface area (Å²) in [4.78, 5) is 28.2. The van der Waals surface area contributed by atoms with E-state index in [0.29, 0.717) is 16.9 Å². The van der Waals surface area contributed by atoms with Crippen LogP contribution in [0.5, 0.6) is 0 Å². The first-order valence-electron chi connectivity index (χ1n) is 8.65. The van der Waals surface area contributed by atoms with Crippen LogP contribution < -0.4 is 10.6 Å². The van der Waals surface area contributed by atoms with E-state index < -0.39 is 0 Å². The van der Waals surface area contributed by atoms with E-state index in [1.54, 1.807) is 42.6 Å². The SMILES string of the molecule is CC(=O)c1ccc(Nc2cc(C(=O)Nc3ccc(C)cc3C)ccn2)cc1. The number of amides is 1. The zero-order valence-corrected chi connectivity index (χ0v) is 15.5. The summed E-state index contributed by atoms with van der Waals surface area (Å²) in [6.07, 6.45) is 1.59. The van der Waals surface area contributed by atoms with Gasteiger partial charge in [0, 0.05) is 28.7 Å². The number of anilines is 3. The van der Waals surface area contributed by atoms with Gasteiger partial charge in [-0.3, -0.25) is 9.59 Å². The summed E-state index contributed by atoms with van der Waals surface area (Å²) < 4.78 is 0. The summed E-state index contributed by atoms with van der Waals surface area (Å²) in [6, 6.07) is 16.4. The number of carbonyl (C=O) groups is 2. The van der Waals surface area contributed by atoms with Crippen LogP contribution in [0.3, 0.4) is 0 Å². The smallest absolute Gasteiger partial charge is 0.255 e. The van der Waals surface area contributed by atoms with E-state index in [0.717, 1.165) is 22.5 Å². The first-order chi connectivity index (χ1) is 12.9. The Kier molecular flexibility index (Phi) is 5.31. The molecule has 1 amide bonds. The fourth-order valence-electron chi connectivity index (χ4n) is 2.72. The van der Waals surface area contributed by atoms with Crippen molar-refractivity contribution in [3.05, 3.63) is 83.0 Å². The number of ketones is 1. The number of aromatic nitrogens is 1. The molecule has 3 aromatic rings. The van der Waals surface area contributed by atoms with Gasteiger partial charge in [0.25, 0.3) is 5.91 Å². The van der Waals surface area contributed by atoms with E-state index >= 15 is 0 Å². The molecule has 1 aromatic heterocycles. The van der Waals surface area contributed by atoms with Crippen molar-refractivity contribution in [2.75, 3.05) is 10.6 Å². The molecule has 2 N–H and O–H groups in total. The minimum absolute atomic E-state index is 0.0183. The quantitative estimate of drug-likeness (QED) is 0.636. The van der Waals surface area contributed by atoms with Crippen molar-refractivity contribution in [3.8, 4) is 0 Å². The average Bonchev–Trinajstić information content (AvgIpc) is 2.64. The maximum absolute atomic E-state index is 12.6. The van der Waals surface area contributed by atoms with Gasteiger partial charge in [-0.15, -0.1) is 0 Å². The minimum atomic E-state index is -0.195. The molecule has 136 valence electrons. The Labute approximate surface area is 158 Å². The fourth-order valence-corrected chi connectivity index (χ4v) is 2.72. The standard InChI is InChI=1S/C22H21N3O2/c1-14-4-9-20(15(2)12-14)25-22(27)18-10-11-23-21(13-18)24-19-7-5-17(6-8-19)16(3)26/h4-13H,1-3H3,(H,23,24)(H,25,27). The topological polar surface area (TPSA) is 71.1 Å². The van der Waals surface area contributed by atoms with Crippen LogP contribution in [0.2, 0.25) is 0 Å². The van der Waals surface area contributed by atoms with Gasteiger partial charge in [0.05, 0.1) is 0 Å². The van der Waals surface area contributed by atoms with Crippen molar-refractivity contribution >= 4 is 28.9 Å². The van der Waals surface area contributed by atoms with E-state index in [-0.39, 0.29) is 11.7 Å². The van der Waals surface area contributed by atoms with E-state index in [9.17, 15) is 9.59 Å². The highest BCUT2D eigenvalue weighted by atomic mass is 16.1.